The summed E-state index contributed by atoms with van der Waals surface area (Å²) in [5.41, 5.74) is 0.841. The summed E-state index contributed by atoms with van der Waals surface area (Å²) in [6.45, 7) is 5.26. The summed E-state index contributed by atoms with van der Waals surface area (Å²) in [6.07, 6.45) is 4.16. The molecule has 2 nitrogen and oxygen atoms in total. The molecule has 0 aliphatic rings. The fourth-order valence-corrected chi connectivity index (χ4v) is 0.567. The molecule has 0 rings (SSSR count). The van der Waals surface area contributed by atoms with Crippen LogP contribution in [0.2, 0.25) is 0 Å². The summed E-state index contributed by atoms with van der Waals surface area (Å²) in [6, 6.07) is 0. The van der Waals surface area contributed by atoms with E-state index in [2.05, 4.69) is 0 Å². The Hall–Kier alpha value is -1.18. The molecule has 0 aliphatic heterocycles. The van der Waals surface area contributed by atoms with Crippen molar-refractivity contribution in [2.75, 3.05) is 0 Å². The summed E-state index contributed by atoms with van der Waals surface area (Å²) in [5, 5.41) is 0. The first-order chi connectivity index (χ1) is 5.07. The molecule has 0 saturated carbocycles. The number of rotatable bonds is 3. The van der Waals surface area contributed by atoms with Crippen molar-refractivity contribution in [3.63, 3.8) is 0 Å². The van der Waals surface area contributed by atoms with E-state index in [4.69, 9.17) is 0 Å². The summed E-state index contributed by atoms with van der Waals surface area (Å²) in [7, 11) is 0. The van der Waals surface area contributed by atoms with Gasteiger partial charge in [0.2, 0.25) is 11.6 Å². The Balaban J connectivity index is 4.28. The minimum absolute atomic E-state index is 0.455. The molecule has 0 fully saturated rings. The quantitative estimate of drug-likeness (QED) is 0.455. The molecule has 0 amide bonds. The maximum atomic E-state index is 10.9. The highest BCUT2D eigenvalue weighted by atomic mass is 16.2. The Kier molecular flexibility index (Phi) is 4.11. The zero-order chi connectivity index (χ0) is 8.85. The van der Waals surface area contributed by atoms with Crippen LogP contribution in [0.4, 0.5) is 0 Å². The van der Waals surface area contributed by atoms with Gasteiger partial charge >= 0.3 is 0 Å². The third-order valence-corrected chi connectivity index (χ3v) is 0.981. The van der Waals surface area contributed by atoms with E-state index in [0.717, 1.165) is 5.57 Å². The molecule has 0 bridgehead atoms. The van der Waals surface area contributed by atoms with Crippen LogP contribution >= 0.6 is 0 Å². The molecular weight excluding hydrogens is 140 g/mol. The number of ketones is 2. The van der Waals surface area contributed by atoms with Crippen molar-refractivity contribution < 1.29 is 9.59 Å². The second kappa shape index (κ2) is 4.61. The minimum Gasteiger partial charge on any atom is -0.286 e. The zero-order valence-electron chi connectivity index (χ0n) is 7.05. The maximum Gasteiger partial charge on any atom is 0.225 e. The lowest BCUT2D eigenvalue weighted by Gasteiger charge is -1.87. The van der Waals surface area contributed by atoms with Gasteiger partial charge in [-0.15, -0.1) is 0 Å². The molecule has 0 saturated heterocycles. The molecule has 0 aromatic carbocycles. The second-order valence-corrected chi connectivity index (χ2v) is 2.45. The number of allylic oxidation sites excluding steroid dienone is 4. The molecule has 0 atom stereocenters. The largest absolute Gasteiger partial charge is 0.286 e. The third kappa shape index (κ3) is 4.25. The van der Waals surface area contributed by atoms with Crippen LogP contribution in [-0.4, -0.2) is 11.6 Å². The monoisotopic (exact) mass is 152 g/mol. The molecule has 0 aromatic heterocycles. The highest BCUT2D eigenvalue weighted by molar-refractivity contribution is 6.45. The topological polar surface area (TPSA) is 34.1 Å². The molecule has 0 heterocycles. The maximum absolute atomic E-state index is 10.9. The van der Waals surface area contributed by atoms with Gasteiger partial charge in [0.25, 0.3) is 0 Å². The van der Waals surface area contributed by atoms with Gasteiger partial charge in [-0.2, -0.15) is 0 Å². The van der Waals surface area contributed by atoms with Crippen molar-refractivity contribution in [1.29, 1.82) is 0 Å². The van der Waals surface area contributed by atoms with Crippen molar-refractivity contribution in [3.8, 4) is 0 Å². The summed E-state index contributed by atoms with van der Waals surface area (Å²) in [5.74, 6) is -0.920. The van der Waals surface area contributed by atoms with Gasteiger partial charge in [0.05, 0.1) is 0 Å². The zero-order valence-corrected chi connectivity index (χ0v) is 7.05. The highest BCUT2D eigenvalue weighted by Crippen LogP contribution is 1.91. The van der Waals surface area contributed by atoms with Gasteiger partial charge in [-0.3, -0.25) is 9.59 Å². The molecule has 2 heteroatoms. The van der Waals surface area contributed by atoms with Gasteiger partial charge in [0, 0.05) is 0 Å². The summed E-state index contributed by atoms with van der Waals surface area (Å²) in [4.78, 5) is 21.7. The van der Waals surface area contributed by atoms with E-state index < -0.39 is 11.6 Å². The van der Waals surface area contributed by atoms with Gasteiger partial charge < -0.3 is 0 Å². The molecule has 11 heavy (non-hydrogen) atoms. The lowest BCUT2D eigenvalue weighted by Crippen LogP contribution is -2.07. The molecule has 0 radical (unpaired) electrons. The second-order valence-electron chi connectivity index (χ2n) is 2.45. The third-order valence-electron chi connectivity index (χ3n) is 0.981. The first kappa shape index (κ1) is 9.82. The van der Waals surface area contributed by atoms with E-state index in [-0.39, 0.29) is 0 Å². The molecular formula is C9H12O2. The molecule has 0 aromatic rings. The Labute approximate surface area is 66.6 Å². The van der Waals surface area contributed by atoms with Gasteiger partial charge in [-0.05, 0) is 32.9 Å². The van der Waals surface area contributed by atoms with Crippen molar-refractivity contribution >= 4 is 11.6 Å². The summed E-state index contributed by atoms with van der Waals surface area (Å²) >= 11 is 0. The van der Waals surface area contributed by atoms with Gasteiger partial charge in [-0.25, -0.2) is 0 Å². The van der Waals surface area contributed by atoms with Crippen LogP contribution in [0.3, 0.4) is 0 Å². The Bertz CT molecular complexity index is 218. The Morgan fingerprint density at radius 2 is 1.64 bits per heavy atom. The van der Waals surface area contributed by atoms with E-state index in [1.54, 1.807) is 26.8 Å². The van der Waals surface area contributed by atoms with Gasteiger partial charge in [-0.1, -0.05) is 11.6 Å². The SMILES string of the molecule is C/C=C/C(=O)C(=O)C=C(C)C. The predicted molar refractivity (Wildman–Crippen MR) is 44.3 cm³/mol. The smallest absolute Gasteiger partial charge is 0.225 e. The van der Waals surface area contributed by atoms with Crippen molar-refractivity contribution in [1.82, 2.24) is 0 Å². The lowest BCUT2D eigenvalue weighted by atomic mass is 10.2. The van der Waals surface area contributed by atoms with Crippen LogP contribution in [0.25, 0.3) is 0 Å². The first-order valence-electron chi connectivity index (χ1n) is 3.43. The number of carbonyl (C=O) groups excluding carboxylic acids is 2. The fraction of sp³-hybridized carbons (Fsp3) is 0.333. The number of hydrogen-bond donors (Lipinski definition) is 0. The van der Waals surface area contributed by atoms with Crippen LogP contribution in [-0.2, 0) is 9.59 Å². The molecule has 0 N–H and O–H groups in total. The van der Waals surface area contributed by atoms with E-state index in [1.807, 2.05) is 0 Å². The van der Waals surface area contributed by atoms with Gasteiger partial charge in [0.15, 0.2) is 0 Å². The predicted octanol–water partition coefficient (Wildman–Crippen LogP) is 1.67. The summed E-state index contributed by atoms with van der Waals surface area (Å²) < 4.78 is 0. The highest BCUT2D eigenvalue weighted by Gasteiger charge is 2.04. The average Bonchev–Trinajstić information content (AvgIpc) is 1.86. The van der Waals surface area contributed by atoms with E-state index >= 15 is 0 Å². The number of carbonyl (C=O) groups is 2. The molecule has 0 spiro atoms. The standard InChI is InChI=1S/C9H12O2/c1-4-5-8(10)9(11)6-7(2)3/h4-6H,1-3H3/b5-4+. The van der Waals surface area contributed by atoms with Crippen LogP contribution in [0, 0.1) is 0 Å². The first-order valence-corrected chi connectivity index (χ1v) is 3.43. The lowest BCUT2D eigenvalue weighted by molar-refractivity contribution is -0.130. The van der Waals surface area contributed by atoms with E-state index in [1.165, 1.54) is 12.2 Å². The number of hydrogen-bond acceptors (Lipinski definition) is 2. The average molecular weight is 152 g/mol. The van der Waals surface area contributed by atoms with Crippen molar-refractivity contribution in [2.24, 2.45) is 0 Å². The fourth-order valence-electron chi connectivity index (χ4n) is 0.567. The minimum atomic E-state index is -0.464. The molecule has 0 unspecified atom stereocenters. The van der Waals surface area contributed by atoms with Crippen LogP contribution in [0.1, 0.15) is 20.8 Å². The molecule has 0 aliphatic carbocycles. The van der Waals surface area contributed by atoms with Gasteiger partial charge in [0.1, 0.15) is 0 Å². The Morgan fingerprint density at radius 1 is 1.09 bits per heavy atom. The Morgan fingerprint density at radius 3 is 2.00 bits per heavy atom. The van der Waals surface area contributed by atoms with Crippen molar-refractivity contribution in [2.45, 2.75) is 20.8 Å². The molecule has 60 valence electrons. The van der Waals surface area contributed by atoms with Crippen LogP contribution < -0.4 is 0 Å². The van der Waals surface area contributed by atoms with E-state index in [9.17, 15) is 9.59 Å². The van der Waals surface area contributed by atoms with Crippen molar-refractivity contribution in [3.05, 3.63) is 23.8 Å². The van der Waals surface area contributed by atoms with Crippen LogP contribution in [0.5, 0.6) is 0 Å². The van der Waals surface area contributed by atoms with Crippen LogP contribution in [0.15, 0.2) is 23.8 Å². The normalized spacial score (nSPS) is 9.73. The van der Waals surface area contributed by atoms with E-state index in [0.29, 0.717) is 0 Å².